The molecule has 2 fully saturated rings. The number of hydrogen-bond acceptors (Lipinski definition) is 7. The summed E-state index contributed by atoms with van der Waals surface area (Å²) < 4.78 is 49.7. The molecule has 2 aliphatic rings. The van der Waals surface area contributed by atoms with Gasteiger partial charge in [0.05, 0.1) is 5.69 Å². The van der Waals surface area contributed by atoms with Crippen molar-refractivity contribution in [2.24, 2.45) is 11.8 Å². The van der Waals surface area contributed by atoms with Gasteiger partial charge in [-0.1, -0.05) is 0 Å². The third-order valence-corrected chi connectivity index (χ3v) is 7.09. The second-order valence-corrected chi connectivity index (χ2v) is 9.14. The van der Waals surface area contributed by atoms with Crippen molar-refractivity contribution in [1.82, 2.24) is 19.0 Å². The Bertz CT molecular complexity index is 1070. The zero-order valence-electron chi connectivity index (χ0n) is 17.1. The maximum atomic E-state index is 12.9. The predicted molar refractivity (Wildman–Crippen MR) is 112 cm³/mol. The van der Waals surface area contributed by atoms with E-state index in [4.69, 9.17) is 4.74 Å². The van der Waals surface area contributed by atoms with Gasteiger partial charge in [-0.3, -0.25) is 0 Å². The number of anilines is 2. The van der Waals surface area contributed by atoms with Crippen LogP contribution in [0.5, 0.6) is 5.75 Å². The number of alkyl halides is 3. The fraction of sp³-hybridized carbons (Fsp3) is 0.550. The van der Waals surface area contributed by atoms with E-state index in [-0.39, 0.29) is 17.4 Å². The third kappa shape index (κ3) is 3.90. The van der Waals surface area contributed by atoms with E-state index < -0.39 is 12.3 Å². The summed E-state index contributed by atoms with van der Waals surface area (Å²) in [6, 6.07) is 5.45. The number of nitrogens with one attached hydrogen (secondary N) is 1. The zero-order chi connectivity index (χ0) is 21.8. The van der Waals surface area contributed by atoms with Gasteiger partial charge in [0, 0.05) is 25.3 Å². The molecule has 11 heteroatoms. The molecule has 166 valence electrons. The average Bonchev–Trinajstić information content (AvgIpc) is 3.38. The standard InChI is InChI=1S/C20H23F3N6OS/c1-11-8-16(31-27-11)28-9-13-5-6-14(10-28)17(13)24-19-25-18-15(4-3-7-29(18)26-19)30-12(2)20(21,22)23/h3-4,7-8,12-14,17H,5-6,9-10H2,1-2H3,(H,24,26). The Morgan fingerprint density at radius 2 is 2.00 bits per heavy atom. The molecule has 1 saturated carbocycles. The molecule has 3 aromatic rings. The largest absolute Gasteiger partial charge is 0.477 e. The quantitative estimate of drug-likeness (QED) is 0.627. The first-order valence-electron chi connectivity index (χ1n) is 10.3. The van der Waals surface area contributed by atoms with Crippen LogP contribution in [0.4, 0.5) is 24.1 Å². The Balaban J connectivity index is 1.33. The molecule has 1 aliphatic heterocycles. The van der Waals surface area contributed by atoms with E-state index in [9.17, 15) is 13.2 Å². The lowest BCUT2D eigenvalue weighted by Crippen LogP contribution is -2.48. The Labute approximate surface area is 181 Å². The number of halogens is 3. The fourth-order valence-corrected chi connectivity index (χ4v) is 5.36. The van der Waals surface area contributed by atoms with Crippen molar-refractivity contribution in [3.63, 3.8) is 0 Å². The number of hydrogen-bond donors (Lipinski definition) is 1. The SMILES string of the molecule is Cc1cc(N2CC3CCC(C2)C3Nc2nc3c(OC(C)C(F)(F)F)cccn3n2)sn1. The van der Waals surface area contributed by atoms with Crippen LogP contribution in [0.25, 0.3) is 5.65 Å². The second-order valence-electron chi connectivity index (χ2n) is 8.36. The number of ether oxygens (including phenoxy) is 1. The third-order valence-electron chi connectivity index (χ3n) is 6.15. The van der Waals surface area contributed by atoms with E-state index in [2.05, 4.69) is 30.7 Å². The Kier molecular flexibility index (Phi) is 4.95. The number of fused-ring (bicyclic) bond motifs is 3. The first-order valence-corrected chi connectivity index (χ1v) is 11.1. The number of aromatic nitrogens is 4. The van der Waals surface area contributed by atoms with Gasteiger partial charge in [-0.15, -0.1) is 5.10 Å². The van der Waals surface area contributed by atoms with E-state index in [1.54, 1.807) is 12.3 Å². The summed E-state index contributed by atoms with van der Waals surface area (Å²) in [6.45, 7) is 4.88. The molecule has 0 amide bonds. The first-order chi connectivity index (χ1) is 14.8. The molecule has 3 aromatic heterocycles. The van der Waals surface area contributed by atoms with Crippen molar-refractivity contribution in [2.75, 3.05) is 23.3 Å². The summed E-state index contributed by atoms with van der Waals surface area (Å²) in [5, 5.41) is 9.09. The molecule has 5 rings (SSSR count). The van der Waals surface area contributed by atoms with Crippen LogP contribution in [0.3, 0.4) is 0 Å². The number of aryl methyl sites for hydroxylation is 1. The molecular formula is C20H23F3N6OS. The van der Waals surface area contributed by atoms with Gasteiger partial charge in [0.25, 0.3) is 0 Å². The van der Waals surface area contributed by atoms with E-state index in [0.29, 0.717) is 17.8 Å². The highest BCUT2D eigenvalue weighted by atomic mass is 32.1. The lowest BCUT2D eigenvalue weighted by atomic mass is 9.92. The number of piperidine rings is 1. The van der Waals surface area contributed by atoms with Crippen LogP contribution >= 0.6 is 11.5 Å². The van der Waals surface area contributed by atoms with Crippen molar-refractivity contribution >= 4 is 28.1 Å². The Morgan fingerprint density at radius 3 is 2.65 bits per heavy atom. The van der Waals surface area contributed by atoms with E-state index >= 15 is 0 Å². The van der Waals surface area contributed by atoms with Gasteiger partial charge < -0.3 is 15.0 Å². The Hall–Kier alpha value is -2.56. The minimum atomic E-state index is -4.45. The van der Waals surface area contributed by atoms with Crippen molar-refractivity contribution in [1.29, 1.82) is 0 Å². The highest BCUT2D eigenvalue weighted by Crippen LogP contribution is 2.41. The highest BCUT2D eigenvalue weighted by Gasteiger charge is 2.43. The maximum Gasteiger partial charge on any atom is 0.425 e. The first kappa shape index (κ1) is 20.3. The number of rotatable bonds is 5. The van der Waals surface area contributed by atoms with E-state index in [1.165, 1.54) is 27.1 Å². The zero-order valence-corrected chi connectivity index (χ0v) is 18.0. The van der Waals surface area contributed by atoms with Gasteiger partial charge >= 0.3 is 6.18 Å². The summed E-state index contributed by atoms with van der Waals surface area (Å²) in [5.74, 6) is 1.38. The topological polar surface area (TPSA) is 67.6 Å². The summed E-state index contributed by atoms with van der Waals surface area (Å²) in [4.78, 5) is 6.86. The van der Waals surface area contributed by atoms with Crippen molar-refractivity contribution in [3.05, 3.63) is 30.1 Å². The summed E-state index contributed by atoms with van der Waals surface area (Å²) in [5.41, 5.74) is 1.31. The van der Waals surface area contributed by atoms with E-state index in [1.807, 2.05) is 6.92 Å². The second kappa shape index (κ2) is 7.54. The van der Waals surface area contributed by atoms with Crippen LogP contribution < -0.4 is 15.0 Å². The number of nitrogens with zero attached hydrogens (tertiary/aromatic N) is 5. The monoisotopic (exact) mass is 452 g/mol. The summed E-state index contributed by atoms with van der Waals surface area (Å²) in [7, 11) is 0. The van der Waals surface area contributed by atoms with Gasteiger partial charge in [-0.05, 0) is 68.3 Å². The molecule has 1 saturated heterocycles. The lowest BCUT2D eigenvalue weighted by Gasteiger charge is -2.38. The Morgan fingerprint density at radius 1 is 1.26 bits per heavy atom. The van der Waals surface area contributed by atoms with Gasteiger partial charge in [-0.2, -0.15) is 22.5 Å². The normalized spacial score (nSPS) is 24.5. The molecule has 3 unspecified atom stereocenters. The molecule has 4 heterocycles. The average molecular weight is 453 g/mol. The highest BCUT2D eigenvalue weighted by molar-refractivity contribution is 7.10. The van der Waals surface area contributed by atoms with Gasteiger partial charge in [0.15, 0.2) is 17.5 Å². The molecule has 7 nitrogen and oxygen atoms in total. The molecular weight excluding hydrogens is 429 g/mol. The maximum absolute atomic E-state index is 12.9. The minimum Gasteiger partial charge on any atom is -0.477 e. The summed E-state index contributed by atoms with van der Waals surface area (Å²) >= 11 is 1.54. The van der Waals surface area contributed by atoms with Crippen LogP contribution in [-0.2, 0) is 0 Å². The molecule has 1 aliphatic carbocycles. The molecule has 0 aromatic carbocycles. The molecule has 2 bridgehead atoms. The predicted octanol–water partition coefficient (Wildman–Crippen LogP) is 4.15. The van der Waals surface area contributed by atoms with E-state index in [0.717, 1.165) is 38.5 Å². The van der Waals surface area contributed by atoms with Gasteiger partial charge in [0.1, 0.15) is 5.00 Å². The molecule has 3 atom stereocenters. The molecule has 1 N–H and O–H groups in total. The van der Waals surface area contributed by atoms with Crippen LogP contribution in [0.2, 0.25) is 0 Å². The minimum absolute atomic E-state index is 0.0613. The van der Waals surface area contributed by atoms with Gasteiger partial charge in [-0.25, -0.2) is 4.52 Å². The molecule has 31 heavy (non-hydrogen) atoms. The lowest BCUT2D eigenvalue weighted by molar-refractivity contribution is -0.189. The van der Waals surface area contributed by atoms with Gasteiger partial charge in [0.2, 0.25) is 5.95 Å². The van der Waals surface area contributed by atoms with Crippen LogP contribution in [0, 0.1) is 18.8 Å². The van der Waals surface area contributed by atoms with Crippen molar-refractivity contribution in [3.8, 4) is 5.75 Å². The molecule has 0 spiro atoms. The van der Waals surface area contributed by atoms with Crippen LogP contribution in [0.15, 0.2) is 24.4 Å². The van der Waals surface area contributed by atoms with Crippen molar-refractivity contribution in [2.45, 2.75) is 45.0 Å². The summed E-state index contributed by atoms with van der Waals surface area (Å²) in [6.07, 6.45) is -2.47. The van der Waals surface area contributed by atoms with Crippen LogP contribution in [-0.4, -0.2) is 50.4 Å². The smallest absolute Gasteiger partial charge is 0.425 e. The fourth-order valence-electron chi connectivity index (χ4n) is 4.58. The van der Waals surface area contributed by atoms with Crippen molar-refractivity contribution < 1.29 is 17.9 Å². The number of pyridine rings is 1. The van der Waals surface area contributed by atoms with Crippen LogP contribution in [0.1, 0.15) is 25.5 Å². The molecule has 0 radical (unpaired) electrons.